The lowest BCUT2D eigenvalue weighted by molar-refractivity contribution is 0.0232. The molecule has 1 aromatic carbocycles. The van der Waals surface area contributed by atoms with Crippen LogP contribution >= 0.6 is 0 Å². The SMILES string of the molecule is CCCCCC#CC[C@@H]1C=CC[C@H]1OCc1ccc(OC)cc1. The first-order chi connectivity index (χ1) is 11.3. The topological polar surface area (TPSA) is 18.5 Å². The van der Waals surface area contributed by atoms with Crippen molar-refractivity contribution >= 4 is 0 Å². The molecule has 0 heterocycles. The highest BCUT2D eigenvalue weighted by atomic mass is 16.5. The minimum absolute atomic E-state index is 0.266. The van der Waals surface area contributed by atoms with Gasteiger partial charge in [0.05, 0.1) is 19.8 Å². The molecule has 1 aromatic rings. The summed E-state index contributed by atoms with van der Waals surface area (Å²) in [7, 11) is 1.68. The highest BCUT2D eigenvalue weighted by Gasteiger charge is 2.22. The average molecular weight is 312 g/mol. The van der Waals surface area contributed by atoms with Crippen LogP contribution in [0, 0.1) is 17.8 Å². The maximum atomic E-state index is 6.10. The van der Waals surface area contributed by atoms with Gasteiger partial charge >= 0.3 is 0 Å². The van der Waals surface area contributed by atoms with Gasteiger partial charge in [0.25, 0.3) is 0 Å². The van der Waals surface area contributed by atoms with Gasteiger partial charge in [-0.25, -0.2) is 0 Å². The first-order valence-electron chi connectivity index (χ1n) is 8.70. The molecule has 124 valence electrons. The van der Waals surface area contributed by atoms with Crippen molar-refractivity contribution in [3.63, 3.8) is 0 Å². The molecule has 0 unspecified atom stereocenters. The summed E-state index contributed by atoms with van der Waals surface area (Å²) in [5.41, 5.74) is 1.18. The monoisotopic (exact) mass is 312 g/mol. The van der Waals surface area contributed by atoms with Crippen molar-refractivity contribution in [3.05, 3.63) is 42.0 Å². The second kappa shape index (κ2) is 10.1. The fourth-order valence-corrected chi connectivity index (χ4v) is 2.74. The Morgan fingerprint density at radius 3 is 2.70 bits per heavy atom. The van der Waals surface area contributed by atoms with Crippen LogP contribution in [0.4, 0.5) is 0 Å². The molecule has 1 aliphatic carbocycles. The van der Waals surface area contributed by atoms with Crippen LogP contribution in [0.3, 0.4) is 0 Å². The minimum atomic E-state index is 0.266. The highest BCUT2D eigenvalue weighted by Crippen LogP contribution is 2.25. The Balaban J connectivity index is 1.73. The Morgan fingerprint density at radius 1 is 1.13 bits per heavy atom. The minimum Gasteiger partial charge on any atom is -0.497 e. The van der Waals surface area contributed by atoms with Crippen LogP contribution in [0.5, 0.6) is 5.75 Å². The summed E-state index contributed by atoms with van der Waals surface area (Å²) in [5, 5.41) is 0. The Kier molecular flexibility index (Phi) is 7.77. The number of hydrogen-bond donors (Lipinski definition) is 0. The van der Waals surface area contributed by atoms with Gasteiger partial charge in [-0.15, -0.1) is 11.8 Å². The van der Waals surface area contributed by atoms with E-state index in [1.807, 2.05) is 12.1 Å². The molecular weight excluding hydrogens is 284 g/mol. The quantitative estimate of drug-likeness (QED) is 0.376. The van der Waals surface area contributed by atoms with E-state index in [9.17, 15) is 0 Å². The van der Waals surface area contributed by atoms with E-state index >= 15 is 0 Å². The molecule has 0 fully saturated rings. The van der Waals surface area contributed by atoms with E-state index in [1.165, 1.54) is 24.8 Å². The van der Waals surface area contributed by atoms with Gasteiger partial charge in [-0.3, -0.25) is 0 Å². The van der Waals surface area contributed by atoms with Crippen LogP contribution < -0.4 is 4.74 Å². The molecule has 0 aliphatic heterocycles. The zero-order valence-corrected chi connectivity index (χ0v) is 14.4. The van der Waals surface area contributed by atoms with E-state index in [1.54, 1.807) is 7.11 Å². The molecule has 0 bridgehead atoms. The predicted molar refractivity (Wildman–Crippen MR) is 95.4 cm³/mol. The molecule has 0 aromatic heterocycles. The summed E-state index contributed by atoms with van der Waals surface area (Å²) in [6.45, 7) is 2.87. The summed E-state index contributed by atoms with van der Waals surface area (Å²) in [4.78, 5) is 0. The van der Waals surface area contributed by atoms with E-state index in [0.717, 1.165) is 25.0 Å². The molecule has 0 saturated heterocycles. The van der Waals surface area contributed by atoms with Crippen LogP contribution in [0.2, 0.25) is 0 Å². The second-order valence-electron chi connectivity index (χ2n) is 6.04. The third kappa shape index (κ3) is 6.12. The van der Waals surface area contributed by atoms with E-state index in [2.05, 4.69) is 43.0 Å². The molecule has 23 heavy (non-hydrogen) atoms. The molecule has 1 aliphatic rings. The molecule has 2 nitrogen and oxygen atoms in total. The van der Waals surface area contributed by atoms with E-state index in [-0.39, 0.29) is 6.10 Å². The molecule has 2 atom stereocenters. The van der Waals surface area contributed by atoms with Crippen molar-refractivity contribution in [1.82, 2.24) is 0 Å². The van der Waals surface area contributed by atoms with Crippen molar-refractivity contribution in [2.24, 2.45) is 5.92 Å². The normalized spacial score (nSPS) is 19.4. The van der Waals surface area contributed by atoms with Crippen LogP contribution in [-0.4, -0.2) is 13.2 Å². The van der Waals surface area contributed by atoms with Gasteiger partial charge in [-0.1, -0.05) is 44.1 Å². The van der Waals surface area contributed by atoms with Gasteiger partial charge in [0, 0.05) is 18.8 Å². The zero-order chi connectivity index (χ0) is 16.3. The highest BCUT2D eigenvalue weighted by molar-refractivity contribution is 5.26. The molecule has 2 heteroatoms. The van der Waals surface area contributed by atoms with Crippen LogP contribution in [-0.2, 0) is 11.3 Å². The zero-order valence-electron chi connectivity index (χ0n) is 14.4. The Labute approximate surface area is 140 Å². The van der Waals surface area contributed by atoms with Crippen molar-refractivity contribution in [3.8, 4) is 17.6 Å². The van der Waals surface area contributed by atoms with Crippen molar-refractivity contribution in [1.29, 1.82) is 0 Å². The van der Waals surface area contributed by atoms with E-state index < -0.39 is 0 Å². The molecule has 0 radical (unpaired) electrons. The molecular formula is C21H28O2. The maximum absolute atomic E-state index is 6.10. The van der Waals surface area contributed by atoms with Gasteiger partial charge in [-0.05, 0) is 30.5 Å². The fraction of sp³-hybridized carbons (Fsp3) is 0.524. The van der Waals surface area contributed by atoms with Gasteiger partial charge in [0.1, 0.15) is 5.75 Å². The second-order valence-corrected chi connectivity index (χ2v) is 6.04. The van der Waals surface area contributed by atoms with Gasteiger partial charge in [0.15, 0.2) is 0 Å². The third-order valence-corrected chi connectivity index (χ3v) is 4.22. The largest absolute Gasteiger partial charge is 0.497 e. The van der Waals surface area contributed by atoms with E-state index in [0.29, 0.717) is 12.5 Å². The summed E-state index contributed by atoms with van der Waals surface area (Å²) >= 11 is 0. The lowest BCUT2D eigenvalue weighted by Crippen LogP contribution is -2.18. The Morgan fingerprint density at radius 2 is 1.96 bits per heavy atom. The first kappa shape index (κ1) is 17.6. The average Bonchev–Trinajstić information content (AvgIpc) is 3.04. The summed E-state index contributed by atoms with van der Waals surface area (Å²) in [5.74, 6) is 7.95. The molecule has 0 spiro atoms. The summed E-state index contributed by atoms with van der Waals surface area (Å²) in [6, 6.07) is 8.07. The maximum Gasteiger partial charge on any atom is 0.118 e. The predicted octanol–water partition coefficient (Wildman–Crippen LogP) is 5.13. The standard InChI is InChI=1S/C21H28O2/c1-3-4-5-6-7-8-10-19-11-9-12-21(19)23-17-18-13-15-20(22-2)16-14-18/h9,11,13-16,19,21H,3-6,10,12,17H2,1-2H3/t19-,21-/m1/s1. The number of rotatable bonds is 8. The third-order valence-electron chi connectivity index (χ3n) is 4.22. The van der Waals surface area contributed by atoms with Crippen LogP contribution in [0.25, 0.3) is 0 Å². The van der Waals surface area contributed by atoms with Gasteiger partial charge in [0.2, 0.25) is 0 Å². The van der Waals surface area contributed by atoms with Gasteiger partial charge < -0.3 is 9.47 Å². The first-order valence-corrected chi connectivity index (χ1v) is 8.70. The molecule has 0 saturated carbocycles. The fourth-order valence-electron chi connectivity index (χ4n) is 2.74. The van der Waals surface area contributed by atoms with Crippen molar-refractivity contribution in [2.75, 3.05) is 7.11 Å². The van der Waals surface area contributed by atoms with Crippen LogP contribution in [0.15, 0.2) is 36.4 Å². The Bertz CT molecular complexity index is 533. The van der Waals surface area contributed by atoms with E-state index in [4.69, 9.17) is 9.47 Å². The molecule has 0 amide bonds. The molecule has 0 N–H and O–H groups in total. The van der Waals surface area contributed by atoms with Crippen molar-refractivity contribution in [2.45, 2.75) is 58.2 Å². The number of benzene rings is 1. The number of unbranched alkanes of at least 4 members (excludes halogenated alkanes) is 3. The Hall–Kier alpha value is -1.72. The van der Waals surface area contributed by atoms with Crippen molar-refractivity contribution < 1.29 is 9.47 Å². The lowest BCUT2D eigenvalue weighted by Gasteiger charge is -2.18. The summed E-state index contributed by atoms with van der Waals surface area (Å²) < 4.78 is 11.3. The van der Waals surface area contributed by atoms with Gasteiger partial charge in [-0.2, -0.15) is 0 Å². The smallest absolute Gasteiger partial charge is 0.118 e. The number of methoxy groups -OCH3 is 1. The lowest BCUT2D eigenvalue weighted by atomic mass is 10.0. The van der Waals surface area contributed by atoms with Crippen LogP contribution in [0.1, 0.15) is 51.0 Å². The molecule has 2 rings (SSSR count). The number of hydrogen-bond acceptors (Lipinski definition) is 2. The summed E-state index contributed by atoms with van der Waals surface area (Å²) in [6.07, 6.45) is 11.5. The number of ether oxygens (including phenoxy) is 2.